The number of aliphatic hydroxyl groups excluding tert-OH is 1. The Morgan fingerprint density at radius 2 is 1.96 bits per heavy atom. The summed E-state index contributed by atoms with van der Waals surface area (Å²) in [5.41, 5.74) is 1.76. The molecule has 7 heteroatoms. The molecule has 0 spiro atoms. The standard InChI is InChI=1S/C21H28O7/c1-12(2)20(24)27-11-15-6-5-7-16(10-26-14(4)22)9-18-19(17(23)8-15)13(3)21(25)28-18/h6,9,12,17-19,23H,3,5,7-8,10-11H2,1-2,4H3. The highest BCUT2D eigenvalue weighted by Crippen LogP contribution is 2.34. The second-order valence-electron chi connectivity index (χ2n) is 7.46. The van der Waals surface area contributed by atoms with Gasteiger partial charge in [-0.05, 0) is 36.5 Å². The predicted molar refractivity (Wildman–Crippen MR) is 101 cm³/mol. The lowest BCUT2D eigenvalue weighted by Crippen LogP contribution is -2.30. The van der Waals surface area contributed by atoms with Gasteiger partial charge >= 0.3 is 17.9 Å². The monoisotopic (exact) mass is 392 g/mol. The Hall–Kier alpha value is -2.41. The van der Waals surface area contributed by atoms with Crippen LogP contribution in [0.2, 0.25) is 0 Å². The molecule has 1 aliphatic heterocycles. The molecule has 0 saturated carbocycles. The van der Waals surface area contributed by atoms with E-state index in [2.05, 4.69) is 6.58 Å². The van der Waals surface area contributed by atoms with E-state index < -0.39 is 30.1 Å². The highest BCUT2D eigenvalue weighted by molar-refractivity contribution is 5.91. The Morgan fingerprint density at radius 3 is 2.61 bits per heavy atom. The minimum Gasteiger partial charge on any atom is -0.461 e. The van der Waals surface area contributed by atoms with Gasteiger partial charge in [0.1, 0.15) is 19.3 Å². The number of rotatable bonds is 5. The summed E-state index contributed by atoms with van der Waals surface area (Å²) in [5.74, 6) is -2.12. The molecule has 7 nitrogen and oxygen atoms in total. The molecule has 1 aliphatic carbocycles. The summed E-state index contributed by atoms with van der Waals surface area (Å²) in [5, 5.41) is 10.7. The molecule has 1 fully saturated rings. The maximum atomic E-state index is 12.0. The number of hydrogen-bond acceptors (Lipinski definition) is 7. The largest absolute Gasteiger partial charge is 0.461 e. The first kappa shape index (κ1) is 21.9. The summed E-state index contributed by atoms with van der Waals surface area (Å²) in [7, 11) is 0. The number of ether oxygens (including phenoxy) is 3. The van der Waals surface area contributed by atoms with E-state index in [1.54, 1.807) is 19.9 Å². The van der Waals surface area contributed by atoms with Crippen LogP contribution < -0.4 is 0 Å². The normalized spacial score (nSPS) is 25.4. The topological polar surface area (TPSA) is 99.1 Å². The van der Waals surface area contributed by atoms with E-state index in [1.165, 1.54) is 6.92 Å². The van der Waals surface area contributed by atoms with Gasteiger partial charge in [-0.1, -0.05) is 26.5 Å². The number of fused-ring (bicyclic) bond motifs is 1. The van der Waals surface area contributed by atoms with Gasteiger partial charge in [-0.25, -0.2) is 4.79 Å². The van der Waals surface area contributed by atoms with Crippen LogP contribution in [0, 0.1) is 11.8 Å². The van der Waals surface area contributed by atoms with E-state index in [0.29, 0.717) is 12.8 Å². The highest BCUT2D eigenvalue weighted by Gasteiger charge is 2.42. The summed E-state index contributed by atoms with van der Waals surface area (Å²) in [6.07, 6.45) is 3.51. The molecule has 1 saturated heterocycles. The zero-order valence-corrected chi connectivity index (χ0v) is 16.6. The summed E-state index contributed by atoms with van der Waals surface area (Å²) in [4.78, 5) is 34.9. The number of carbonyl (C=O) groups is 3. The van der Waals surface area contributed by atoms with Gasteiger partial charge in [0.2, 0.25) is 0 Å². The molecule has 0 aromatic heterocycles. The summed E-state index contributed by atoms with van der Waals surface area (Å²) >= 11 is 0. The lowest BCUT2D eigenvalue weighted by Gasteiger charge is -2.24. The average molecular weight is 392 g/mol. The van der Waals surface area contributed by atoms with Gasteiger partial charge in [0.25, 0.3) is 0 Å². The quantitative estimate of drug-likeness (QED) is 0.331. The lowest BCUT2D eigenvalue weighted by molar-refractivity contribution is -0.146. The molecule has 2 aliphatic rings. The molecular weight excluding hydrogens is 364 g/mol. The molecule has 0 radical (unpaired) electrons. The highest BCUT2D eigenvalue weighted by atomic mass is 16.6. The molecule has 0 amide bonds. The summed E-state index contributed by atoms with van der Waals surface area (Å²) in [6.45, 7) is 8.76. The number of hydrogen-bond donors (Lipinski definition) is 1. The van der Waals surface area contributed by atoms with Crippen LogP contribution in [0.4, 0.5) is 0 Å². The van der Waals surface area contributed by atoms with Gasteiger partial charge < -0.3 is 19.3 Å². The number of aliphatic hydroxyl groups is 1. The number of allylic oxidation sites excluding steroid dienone is 1. The van der Waals surface area contributed by atoms with Crippen LogP contribution in [0.5, 0.6) is 0 Å². The molecular formula is C21H28O7. The van der Waals surface area contributed by atoms with Gasteiger partial charge in [0.15, 0.2) is 0 Å². The van der Waals surface area contributed by atoms with E-state index in [4.69, 9.17) is 14.2 Å². The van der Waals surface area contributed by atoms with E-state index in [1.807, 2.05) is 6.08 Å². The maximum absolute atomic E-state index is 12.0. The fourth-order valence-electron chi connectivity index (χ4n) is 3.22. The molecule has 154 valence electrons. The van der Waals surface area contributed by atoms with Crippen LogP contribution in [0.3, 0.4) is 0 Å². The van der Waals surface area contributed by atoms with Crippen molar-refractivity contribution >= 4 is 17.9 Å². The third kappa shape index (κ3) is 5.79. The first-order valence-corrected chi connectivity index (χ1v) is 9.44. The molecule has 3 unspecified atom stereocenters. The van der Waals surface area contributed by atoms with Gasteiger partial charge in [0.05, 0.1) is 17.9 Å². The van der Waals surface area contributed by atoms with Crippen LogP contribution >= 0.6 is 0 Å². The van der Waals surface area contributed by atoms with Gasteiger partial charge in [0, 0.05) is 12.5 Å². The van der Waals surface area contributed by atoms with Crippen LogP contribution in [0.1, 0.15) is 40.0 Å². The van der Waals surface area contributed by atoms with Crippen molar-refractivity contribution in [3.63, 3.8) is 0 Å². The van der Waals surface area contributed by atoms with E-state index in [-0.39, 0.29) is 37.1 Å². The van der Waals surface area contributed by atoms with Crippen LogP contribution in [-0.4, -0.2) is 48.4 Å². The Kier molecular flexibility index (Phi) is 7.57. The van der Waals surface area contributed by atoms with E-state index in [0.717, 1.165) is 11.1 Å². The molecule has 1 N–H and O–H groups in total. The van der Waals surface area contributed by atoms with Crippen molar-refractivity contribution in [1.29, 1.82) is 0 Å². The fourth-order valence-corrected chi connectivity index (χ4v) is 3.22. The Labute approximate surface area is 165 Å². The second-order valence-corrected chi connectivity index (χ2v) is 7.46. The Bertz CT molecular complexity index is 702. The number of esters is 3. The molecule has 1 heterocycles. The van der Waals surface area contributed by atoms with Crippen molar-refractivity contribution in [3.8, 4) is 0 Å². The Balaban J connectivity index is 2.23. The molecule has 2 rings (SSSR count). The van der Waals surface area contributed by atoms with Crippen LogP contribution in [0.15, 0.2) is 35.5 Å². The van der Waals surface area contributed by atoms with Crippen LogP contribution in [0.25, 0.3) is 0 Å². The zero-order chi connectivity index (χ0) is 20.8. The van der Waals surface area contributed by atoms with Gasteiger partial charge in [-0.15, -0.1) is 0 Å². The minimum absolute atomic E-state index is 0.0791. The fraction of sp³-hybridized carbons (Fsp3) is 0.571. The third-order valence-corrected chi connectivity index (χ3v) is 4.78. The van der Waals surface area contributed by atoms with E-state index >= 15 is 0 Å². The first-order chi connectivity index (χ1) is 13.2. The summed E-state index contributed by atoms with van der Waals surface area (Å²) < 4.78 is 15.8. The first-order valence-electron chi connectivity index (χ1n) is 9.44. The van der Waals surface area contributed by atoms with Crippen LogP contribution in [-0.2, 0) is 28.6 Å². The molecule has 0 bridgehead atoms. The average Bonchev–Trinajstić information content (AvgIpc) is 2.90. The van der Waals surface area contributed by atoms with Crippen molar-refractivity contribution in [2.75, 3.05) is 13.2 Å². The van der Waals surface area contributed by atoms with Gasteiger partial charge in [-0.3, -0.25) is 9.59 Å². The predicted octanol–water partition coefficient (Wildman–Crippen LogP) is 2.24. The van der Waals surface area contributed by atoms with Gasteiger partial charge in [-0.2, -0.15) is 0 Å². The summed E-state index contributed by atoms with van der Waals surface area (Å²) in [6, 6.07) is 0. The molecule has 3 atom stereocenters. The zero-order valence-electron chi connectivity index (χ0n) is 16.6. The molecule has 28 heavy (non-hydrogen) atoms. The van der Waals surface area contributed by atoms with Crippen molar-refractivity contribution in [1.82, 2.24) is 0 Å². The van der Waals surface area contributed by atoms with Crippen molar-refractivity contribution in [2.45, 2.75) is 52.2 Å². The van der Waals surface area contributed by atoms with Crippen molar-refractivity contribution in [3.05, 3.63) is 35.5 Å². The van der Waals surface area contributed by atoms with Crippen molar-refractivity contribution < 1.29 is 33.7 Å². The molecule has 0 aromatic carbocycles. The second kappa shape index (κ2) is 9.68. The molecule has 0 aromatic rings. The third-order valence-electron chi connectivity index (χ3n) is 4.78. The maximum Gasteiger partial charge on any atom is 0.334 e. The number of carbonyl (C=O) groups excluding carboxylic acids is 3. The SMILES string of the molecule is C=C1C(=O)OC2C=C(COC(C)=O)CCC=C(COC(=O)C(C)C)CC(O)C12. The lowest BCUT2D eigenvalue weighted by atomic mass is 9.85. The Morgan fingerprint density at radius 1 is 1.29 bits per heavy atom. The van der Waals surface area contributed by atoms with E-state index in [9.17, 15) is 19.5 Å². The smallest absolute Gasteiger partial charge is 0.334 e. The van der Waals surface area contributed by atoms with Crippen molar-refractivity contribution in [2.24, 2.45) is 11.8 Å². The minimum atomic E-state index is -0.919.